The smallest absolute Gasteiger partial charge is 0.262 e. The highest BCUT2D eigenvalue weighted by Gasteiger charge is 2.20. The number of hydrogen-bond acceptors (Lipinski definition) is 5. The van der Waals surface area contributed by atoms with Gasteiger partial charge < -0.3 is 10.1 Å². The summed E-state index contributed by atoms with van der Waals surface area (Å²) in [5, 5.41) is 4.35. The van der Waals surface area contributed by atoms with Gasteiger partial charge in [0.1, 0.15) is 0 Å². The Morgan fingerprint density at radius 1 is 1.24 bits per heavy atom. The molecular weight excluding hydrogens is 410 g/mol. The fourth-order valence-electron chi connectivity index (χ4n) is 3.29. The van der Waals surface area contributed by atoms with Crippen molar-refractivity contribution in [3.05, 3.63) is 63.9 Å². The van der Waals surface area contributed by atoms with Crippen LogP contribution in [0.2, 0.25) is 5.02 Å². The van der Waals surface area contributed by atoms with E-state index in [-0.39, 0.29) is 23.3 Å². The molecule has 3 aromatic rings. The van der Waals surface area contributed by atoms with Gasteiger partial charge in [0.25, 0.3) is 5.56 Å². The minimum atomic E-state index is -0.214. The quantitative estimate of drug-likeness (QED) is 0.474. The molecule has 4 rings (SSSR count). The first-order valence-corrected chi connectivity index (χ1v) is 10.8. The first-order chi connectivity index (χ1) is 14.1. The summed E-state index contributed by atoms with van der Waals surface area (Å²) < 4.78 is 7.34. The molecule has 1 saturated heterocycles. The molecule has 2 heterocycles. The molecule has 2 aromatic carbocycles. The zero-order valence-electron chi connectivity index (χ0n) is 15.6. The Bertz CT molecular complexity index is 1100. The summed E-state index contributed by atoms with van der Waals surface area (Å²) in [5.74, 6) is -0.101. The molecule has 0 unspecified atom stereocenters. The number of halogens is 1. The summed E-state index contributed by atoms with van der Waals surface area (Å²) in [4.78, 5) is 30.1. The molecule has 29 heavy (non-hydrogen) atoms. The van der Waals surface area contributed by atoms with Crippen molar-refractivity contribution >= 4 is 45.9 Å². The molecule has 0 spiro atoms. The van der Waals surface area contributed by atoms with Crippen LogP contribution in [0.3, 0.4) is 0 Å². The summed E-state index contributed by atoms with van der Waals surface area (Å²) in [6, 6.07) is 14.3. The van der Waals surface area contributed by atoms with Crippen molar-refractivity contribution in [1.29, 1.82) is 0 Å². The van der Waals surface area contributed by atoms with Crippen molar-refractivity contribution in [3.8, 4) is 0 Å². The molecule has 0 saturated carbocycles. The monoisotopic (exact) mass is 429 g/mol. The molecule has 1 aromatic heterocycles. The van der Waals surface area contributed by atoms with E-state index in [0.717, 1.165) is 12.8 Å². The molecule has 8 heteroatoms. The van der Waals surface area contributed by atoms with Gasteiger partial charge in [-0.2, -0.15) is 0 Å². The third-order valence-electron chi connectivity index (χ3n) is 4.72. The Morgan fingerprint density at radius 2 is 2.03 bits per heavy atom. The fraction of sp³-hybridized carbons (Fsp3) is 0.286. The molecular formula is C21H20ClN3O3S. The second kappa shape index (κ2) is 8.98. The van der Waals surface area contributed by atoms with Gasteiger partial charge in [-0.25, -0.2) is 4.98 Å². The molecule has 1 aliphatic heterocycles. The molecule has 1 fully saturated rings. The predicted molar refractivity (Wildman–Crippen MR) is 116 cm³/mol. The number of carbonyl (C=O) groups is 1. The van der Waals surface area contributed by atoms with Crippen LogP contribution in [0.1, 0.15) is 12.8 Å². The van der Waals surface area contributed by atoms with Crippen molar-refractivity contribution in [2.45, 2.75) is 30.6 Å². The van der Waals surface area contributed by atoms with E-state index in [0.29, 0.717) is 39.9 Å². The van der Waals surface area contributed by atoms with Crippen molar-refractivity contribution in [2.75, 3.05) is 17.7 Å². The van der Waals surface area contributed by atoms with Gasteiger partial charge in [-0.3, -0.25) is 14.2 Å². The number of nitrogens with one attached hydrogen (secondary N) is 1. The van der Waals surface area contributed by atoms with Crippen LogP contribution in [0.25, 0.3) is 10.9 Å². The first-order valence-electron chi connectivity index (χ1n) is 9.40. The topological polar surface area (TPSA) is 73.2 Å². The summed E-state index contributed by atoms with van der Waals surface area (Å²) in [6.45, 7) is 1.15. The number of hydrogen-bond donors (Lipinski definition) is 1. The Hall–Kier alpha value is -2.35. The van der Waals surface area contributed by atoms with Crippen molar-refractivity contribution in [2.24, 2.45) is 0 Å². The minimum absolute atomic E-state index is 0.00744. The lowest BCUT2D eigenvalue weighted by molar-refractivity contribution is -0.113. The number of amides is 1. The van der Waals surface area contributed by atoms with E-state index in [4.69, 9.17) is 16.3 Å². The maximum Gasteiger partial charge on any atom is 0.262 e. The van der Waals surface area contributed by atoms with Crippen molar-refractivity contribution in [1.82, 2.24) is 9.55 Å². The van der Waals surface area contributed by atoms with Crippen LogP contribution in [-0.4, -0.2) is 33.9 Å². The van der Waals surface area contributed by atoms with E-state index in [1.54, 1.807) is 41.0 Å². The number of anilines is 1. The third kappa shape index (κ3) is 4.63. The fourth-order valence-corrected chi connectivity index (χ4v) is 4.28. The zero-order valence-corrected chi connectivity index (χ0v) is 17.2. The van der Waals surface area contributed by atoms with Gasteiger partial charge in [0.15, 0.2) is 5.16 Å². The number of nitrogens with zero attached hydrogens (tertiary/aromatic N) is 2. The lowest BCUT2D eigenvalue weighted by Gasteiger charge is -2.16. The summed E-state index contributed by atoms with van der Waals surface area (Å²) >= 11 is 7.33. The van der Waals surface area contributed by atoms with Crippen LogP contribution in [0.5, 0.6) is 0 Å². The maximum absolute atomic E-state index is 13.1. The Morgan fingerprint density at radius 3 is 2.83 bits per heavy atom. The van der Waals surface area contributed by atoms with Crippen LogP contribution < -0.4 is 10.9 Å². The van der Waals surface area contributed by atoms with Crippen LogP contribution in [0.4, 0.5) is 5.69 Å². The van der Waals surface area contributed by atoms with E-state index in [1.807, 2.05) is 12.1 Å². The number of ether oxygens (including phenoxy) is 1. The summed E-state index contributed by atoms with van der Waals surface area (Å²) in [5.41, 5.74) is 1.07. The van der Waals surface area contributed by atoms with Gasteiger partial charge in [0, 0.05) is 6.61 Å². The zero-order chi connectivity index (χ0) is 20.2. The van der Waals surface area contributed by atoms with Gasteiger partial charge in [-0.15, -0.1) is 0 Å². The number of fused-ring (bicyclic) bond motifs is 1. The average Bonchev–Trinajstić information content (AvgIpc) is 3.24. The van der Waals surface area contributed by atoms with E-state index in [1.165, 1.54) is 11.8 Å². The van der Waals surface area contributed by atoms with Crippen LogP contribution >= 0.6 is 23.4 Å². The molecule has 1 amide bonds. The number of carbonyl (C=O) groups excluding carboxylic acids is 1. The van der Waals surface area contributed by atoms with E-state index in [2.05, 4.69) is 10.3 Å². The number of thioether (sulfide) groups is 1. The number of para-hydroxylation sites is 2. The lowest BCUT2D eigenvalue weighted by Crippen LogP contribution is -2.29. The summed E-state index contributed by atoms with van der Waals surface area (Å²) in [7, 11) is 0. The predicted octanol–water partition coefficient (Wildman–Crippen LogP) is 3.96. The Kier molecular flexibility index (Phi) is 6.18. The molecule has 150 valence electrons. The van der Waals surface area contributed by atoms with Gasteiger partial charge in [-0.05, 0) is 37.1 Å². The highest BCUT2D eigenvalue weighted by atomic mass is 35.5. The summed E-state index contributed by atoms with van der Waals surface area (Å²) in [6.07, 6.45) is 1.89. The van der Waals surface area contributed by atoms with Crippen LogP contribution in [0, 0.1) is 0 Å². The Balaban J connectivity index is 1.57. The average molecular weight is 430 g/mol. The lowest BCUT2D eigenvalue weighted by atomic mass is 10.2. The molecule has 1 N–H and O–H groups in total. The van der Waals surface area contributed by atoms with E-state index >= 15 is 0 Å². The second-order valence-electron chi connectivity index (χ2n) is 6.78. The Labute approximate surface area is 177 Å². The minimum Gasteiger partial charge on any atom is -0.376 e. The van der Waals surface area contributed by atoms with E-state index < -0.39 is 0 Å². The standard InChI is InChI=1S/C21H20ClN3O3S/c22-16-8-2-4-10-18(16)23-19(26)13-29-21-24-17-9-3-1-7-15(17)20(27)25(21)12-14-6-5-11-28-14/h1-4,7-10,14H,5-6,11-13H2,(H,23,26)/t14-/m1/s1. The van der Waals surface area contributed by atoms with Crippen molar-refractivity contribution in [3.63, 3.8) is 0 Å². The number of aromatic nitrogens is 2. The van der Waals surface area contributed by atoms with Gasteiger partial charge in [0.2, 0.25) is 5.91 Å². The molecule has 1 atom stereocenters. The molecule has 0 radical (unpaired) electrons. The number of rotatable bonds is 6. The van der Waals surface area contributed by atoms with Gasteiger partial charge in [0.05, 0.1) is 40.0 Å². The number of benzene rings is 2. The highest BCUT2D eigenvalue weighted by Crippen LogP contribution is 2.23. The largest absolute Gasteiger partial charge is 0.376 e. The second-order valence-corrected chi connectivity index (χ2v) is 8.13. The first kappa shape index (κ1) is 19.9. The normalized spacial score (nSPS) is 16.2. The third-order valence-corrected chi connectivity index (χ3v) is 6.02. The van der Waals surface area contributed by atoms with E-state index in [9.17, 15) is 9.59 Å². The van der Waals surface area contributed by atoms with Crippen molar-refractivity contribution < 1.29 is 9.53 Å². The van der Waals surface area contributed by atoms with Gasteiger partial charge >= 0.3 is 0 Å². The highest BCUT2D eigenvalue weighted by molar-refractivity contribution is 7.99. The SMILES string of the molecule is O=C(CSc1nc2ccccc2c(=O)n1C[C@H]1CCCO1)Nc1ccccc1Cl. The van der Waals surface area contributed by atoms with Gasteiger partial charge in [-0.1, -0.05) is 47.6 Å². The molecule has 0 bridgehead atoms. The maximum atomic E-state index is 13.1. The molecule has 6 nitrogen and oxygen atoms in total. The van der Waals surface area contributed by atoms with Crippen LogP contribution in [0.15, 0.2) is 58.5 Å². The molecule has 0 aliphatic carbocycles. The molecule has 1 aliphatic rings. The van der Waals surface area contributed by atoms with Crippen LogP contribution in [-0.2, 0) is 16.1 Å².